The van der Waals surface area contributed by atoms with Gasteiger partial charge in [0.15, 0.2) is 5.17 Å². The van der Waals surface area contributed by atoms with Gasteiger partial charge in [-0.1, -0.05) is 6.08 Å². The first-order valence-corrected chi connectivity index (χ1v) is 8.21. The average molecular weight is 339 g/mol. The SMILES string of the molecule is C=CCN1C(=O)/C(=C/c2cccn2C)SC1=Nc1ccc(O)cc1. The van der Waals surface area contributed by atoms with Crippen molar-refractivity contribution in [2.24, 2.45) is 12.0 Å². The topological polar surface area (TPSA) is 57.8 Å². The Kier molecular flexibility index (Phi) is 4.57. The van der Waals surface area contributed by atoms with Crippen LogP contribution in [-0.2, 0) is 11.8 Å². The molecule has 3 rings (SSSR count). The van der Waals surface area contributed by atoms with E-state index in [-0.39, 0.29) is 11.7 Å². The fourth-order valence-corrected chi connectivity index (χ4v) is 3.27. The number of nitrogens with zero attached hydrogens (tertiary/aromatic N) is 3. The molecule has 1 amide bonds. The smallest absolute Gasteiger partial charge is 0.267 e. The van der Waals surface area contributed by atoms with Crippen LogP contribution < -0.4 is 0 Å². The van der Waals surface area contributed by atoms with Gasteiger partial charge in [0.2, 0.25) is 0 Å². The van der Waals surface area contributed by atoms with Crippen LogP contribution in [0.4, 0.5) is 5.69 Å². The van der Waals surface area contributed by atoms with Gasteiger partial charge in [-0.15, -0.1) is 6.58 Å². The van der Waals surface area contributed by atoms with Crippen LogP contribution in [0.1, 0.15) is 5.69 Å². The van der Waals surface area contributed by atoms with Crippen molar-refractivity contribution in [3.63, 3.8) is 0 Å². The number of rotatable bonds is 4. The van der Waals surface area contributed by atoms with Gasteiger partial charge >= 0.3 is 0 Å². The fourth-order valence-electron chi connectivity index (χ4n) is 2.28. The van der Waals surface area contributed by atoms with Gasteiger partial charge < -0.3 is 9.67 Å². The number of amides is 1. The van der Waals surface area contributed by atoms with Crippen LogP contribution in [0, 0.1) is 0 Å². The molecule has 2 heterocycles. The van der Waals surface area contributed by atoms with E-state index in [2.05, 4.69) is 11.6 Å². The van der Waals surface area contributed by atoms with Crippen molar-refractivity contribution in [1.82, 2.24) is 9.47 Å². The third-order valence-electron chi connectivity index (χ3n) is 3.54. The minimum absolute atomic E-state index is 0.0846. The van der Waals surface area contributed by atoms with Gasteiger partial charge in [0.05, 0.1) is 10.6 Å². The van der Waals surface area contributed by atoms with E-state index in [1.807, 2.05) is 36.0 Å². The molecule has 0 saturated carbocycles. The summed E-state index contributed by atoms with van der Waals surface area (Å²) in [6.45, 7) is 4.11. The van der Waals surface area contributed by atoms with Gasteiger partial charge in [-0.05, 0) is 54.2 Å². The highest BCUT2D eigenvalue weighted by Crippen LogP contribution is 2.34. The predicted molar refractivity (Wildman–Crippen MR) is 98.1 cm³/mol. The first-order valence-electron chi connectivity index (χ1n) is 7.40. The Hall–Kier alpha value is -2.73. The lowest BCUT2D eigenvalue weighted by Gasteiger charge is -2.12. The maximum Gasteiger partial charge on any atom is 0.267 e. The molecule has 0 radical (unpaired) electrons. The molecule has 2 aromatic rings. The molecule has 0 unspecified atom stereocenters. The summed E-state index contributed by atoms with van der Waals surface area (Å²) in [5.41, 5.74) is 1.63. The van der Waals surface area contributed by atoms with Gasteiger partial charge in [-0.25, -0.2) is 4.99 Å². The zero-order chi connectivity index (χ0) is 17.1. The standard InChI is InChI=1S/C18H17N3O2S/c1-3-10-21-17(23)16(12-14-5-4-11-20(14)2)24-18(21)19-13-6-8-15(22)9-7-13/h3-9,11-12,22H,1,10H2,2H3/b16-12-,19-18?. The molecule has 0 atom stereocenters. The highest BCUT2D eigenvalue weighted by atomic mass is 32.2. The summed E-state index contributed by atoms with van der Waals surface area (Å²) < 4.78 is 1.95. The molecule has 1 fully saturated rings. The van der Waals surface area contributed by atoms with Crippen LogP contribution in [0.5, 0.6) is 5.75 Å². The molecule has 122 valence electrons. The average Bonchev–Trinajstić information content (AvgIpc) is 3.09. The summed E-state index contributed by atoms with van der Waals surface area (Å²) in [5.74, 6) is 0.0972. The molecule has 0 spiro atoms. The quantitative estimate of drug-likeness (QED) is 0.685. The molecular formula is C18H17N3O2S. The number of aromatic nitrogens is 1. The number of aromatic hydroxyl groups is 1. The summed E-state index contributed by atoms with van der Waals surface area (Å²) in [4.78, 5) is 19.4. The number of aliphatic imine (C=N–C) groups is 1. The number of carbonyl (C=O) groups excluding carboxylic acids is 1. The lowest BCUT2D eigenvalue weighted by atomic mass is 10.3. The Balaban J connectivity index is 1.95. The Morgan fingerprint density at radius 3 is 2.67 bits per heavy atom. The van der Waals surface area contributed by atoms with E-state index in [4.69, 9.17) is 0 Å². The van der Waals surface area contributed by atoms with E-state index >= 15 is 0 Å². The van der Waals surface area contributed by atoms with Crippen LogP contribution in [0.25, 0.3) is 6.08 Å². The summed E-state index contributed by atoms with van der Waals surface area (Å²) in [5, 5.41) is 9.97. The van der Waals surface area contributed by atoms with Crippen LogP contribution in [0.3, 0.4) is 0 Å². The number of amidine groups is 1. The Labute approximate surface area is 144 Å². The molecule has 6 heteroatoms. The van der Waals surface area contributed by atoms with Crippen molar-refractivity contribution >= 4 is 34.6 Å². The molecule has 24 heavy (non-hydrogen) atoms. The van der Waals surface area contributed by atoms with Crippen molar-refractivity contribution in [1.29, 1.82) is 0 Å². The number of aryl methyl sites for hydroxylation is 1. The normalized spacial score (nSPS) is 17.9. The van der Waals surface area contributed by atoms with E-state index in [0.29, 0.717) is 22.3 Å². The largest absolute Gasteiger partial charge is 0.508 e. The van der Waals surface area contributed by atoms with E-state index in [0.717, 1.165) is 5.69 Å². The lowest BCUT2D eigenvalue weighted by molar-refractivity contribution is -0.121. The highest BCUT2D eigenvalue weighted by molar-refractivity contribution is 8.18. The summed E-state index contributed by atoms with van der Waals surface area (Å²) >= 11 is 1.34. The second-order valence-electron chi connectivity index (χ2n) is 5.27. The summed E-state index contributed by atoms with van der Waals surface area (Å²) in [6.07, 6.45) is 5.47. The van der Waals surface area contributed by atoms with Crippen LogP contribution in [0.15, 0.2) is 65.1 Å². The zero-order valence-corrected chi connectivity index (χ0v) is 14.0. The Bertz CT molecular complexity index is 834. The number of phenols is 1. The molecule has 1 aromatic heterocycles. The number of hydrogen-bond acceptors (Lipinski definition) is 4. The van der Waals surface area contributed by atoms with Crippen LogP contribution in [-0.4, -0.2) is 32.2 Å². The van der Waals surface area contributed by atoms with Gasteiger partial charge in [0, 0.05) is 25.5 Å². The van der Waals surface area contributed by atoms with Crippen LogP contribution in [0.2, 0.25) is 0 Å². The third-order valence-corrected chi connectivity index (χ3v) is 4.54. The third kappa shape index (κ3) is 3.28. The van der Waals surface area contributed by atoms with Gasteiger partial charge in [-0.2, -0.15) is 0 Å². The Morgan fingerprint density at radius 1 is 1.29 bits per heavy atom. The van der Waals surface area contributed by atoms with Crippen molar-refractivity contribution in [3.8, 4) is 5.75 Å². The number of phenolic OH excluding ortho intramolecular Hbond substituents is 1. The van der Waals surface area contributed by atoms with Crippen molar-refractivity contribution in [3.05, 3.63) is 65.8 Å². The molecule has 0 aliphatic carbocycles. The number of hydrogen-bond donors (Lipinski definition) is 1. The van der Waals surface area contributed by atoms with Gasteiger partial charge in [-0.3, -0.25) is 9.69 Å². The maximum atomic E-state index is 12.6. The fraction of sp³-hybridized carbons (Fsp3) is 0.111. The molecule has 1 aromatic carbocycles. The first-order chi connectivity index (χ1) is 11.6. The molecule has 1 aliphatic rings. The maximum absolute atomic E-state index is 12.6. The van der Waals surface area contributed by atoms with Crippen molar-refractivity contribution in [2.75, 3.05) is 6.54 Å². The number of carbonyl (C=O) groups is 1. The minimum Gasteiger partial charge on any atom is -0.508 e. The molecular weight excluding hydrogens is 322 g/mol. The summed E-state index contributed by atoms with van der Waals surface area (Å²) in [6, 6.07) is 10.4. The van der Waals surface area contributed by atoms with Gasteiger partial charge in [0.25, 0.3) is 5.91 Å². The monoisotopic (exact) mass is 339 g/mol. The second kappa shape index (κ2) is 6.80. The predicted octanol–water partition coefficient (Wildman–Crippen LogP) is 3.52. The van der Waals surface area contributed by atoms with Gasteiger partial charge in [0.1, 0.15) is 5.75 Å². The van der Waals surface area contributed by atoms with E-state index in [1.165, 1.54) is 11.8 Å². The van der Waals surface area contributed by atoms with E-state index < -0.39 is 0 Å². The Morgan fingerprint density at radius 2 is 2.04 bits per heavy atom. The van der Waals surface area contributed by atoms with Crippen molar-refractivity contribution in [2.45, 2.75) is 0 Å². The number of benzene rings is 1. The molecule has 1 aliphatic heterocycles. The van der Waals surface area contributed by atoms with E-state index in [9.17, 15) is 9.90 Å². The molecule has 1 saturated heterocycles. The first kappa shape index (κ1) is 16.1. The highest BCUT2D eigenvalue weighted by Gasteiger charge is 2.32. The summed E-state index contributed by atoms with van der Waals surface area (Å²) in [7, 11) is 1.93. The minimum atomic E-state index is -0.0846. The lowest BCUT2D eigenvalue weighted by Crippen LogP contribution is -2.29. The van der Waals surface area contributed by atoms with Crippen LogP contribution >= 0.6 is 11.8 Å². The van der Waals surface area contributed by atoms with E-state index in [1.54, 1.807) is 35.2 Å². The second-order valence-corrected chi connectivity index (χ2v) is 6.28. The zero-order valence-electron chi connectivity index (χ0n) is 13.2. The van der Waals surface area contributed by atoms with Crippen molar-refractivity contribution < 1.29 is 9.90 Å². The number of thioether (sulfide) groups is 1. The molecule has 1 N–H and O–H groups in total. The molecule has 5 nitrogen and oxygen atoms in total. The molecule has 0 bridgehead atoms.